The fourth-order valence-electron chi connectivity index (χ4n) is 1.70. The minimum Gasteiger partial charge on any atom is -0.462 e. The molecule has 7 heteroatoms. The van der Waals surface area contributed by atoms with Crippen LogP contribution in [0.2, 0.25) is 0 Å². The number of thiophene rings is 1. The summed E-state index contributed by atoms with van der Waals surface area (Å²) in [7, 11) is 0. The lowest BCUT2D eigenvalue weighted by atomic mass is 10.1. The molecule has 0 radical (unpaired) electrons. The van der Waals surface area contributed by atoms with Crippen molar-refractivity contribution in [2.24, 2.45) is 5.73 Å². The maximum atomic E-state index is 11.9. The third kappa shape index (κ3) is 3.57. The average molecular weight is 298 g/mol. The molecule has 1 aromatic rings. The summed E-state index contributed by atoms with van der Waals surface area (Å²) < 4.78 is 4.95. The topological polar surface area (TPSA) is 98.5 Å². The fraction of sp³-hybridized carbons (Fsp3) is 0.462. The number of carbonyl (C=O) groups is 3. The summed E-state index contributed by atoms with van der Waals surface area (Å²) >= 11 is 0.995. The molecule has 2 amide bonds. The van der Waals surface area contributed by atoms with Crippen LogP contribution in [0.3, 0.4) is 0 Å². The van der Waals surface area contributed by atoms with Crippen LogP contribution in [0.25, 0.3) is 0 Å². The Labute approximate surface area is 121 Å². The van der Waals surface area contributed by atoms with Gasteiger partial charge in [-0.25, -0.2) is 4.79 Å². The molecular formula is C13H18N2O4S. The van der Waals surface area contributed by atoms with E-state index in [0.717, 1.165) is 11.3 Å². The van der Waals surface area contributed by atoms with E-state index < -0.39 is 11.9 Å². The molecule has 3 N–H and O–H groups in total. The SMILES string of the molecule is CCCC(=O)Nc1sc(C(N)=O)c(C)c1C(=O)OCC. The number of rotatable bonds is 6. The number of nitrogens with one attached hydrogen (secondary N) is 1. The van der Waals surface area contributed by atoms with Gasteiger partial charge in [-0.3, -0.25) is 9.59 Å². The van der Waals surface area contributed by atoms with Gasteiger partial charge in [-0.05, 0) is 25.8 Å². The molecule has 1 heterocycles. The highest BCUT2D eigenvalue weighted by molar-refractivity contribution is 7.18. The van der Waals surface area contributed by atoms with Crippen molar-refractivity contribution >= 4 is 34.1 Å². The van der Waals surface area contributed by atoms with Crippen LogP contribution in [-0.2, 0) is 9.53 Å². The minimum atomic E-state index is -0.631. The molecule has 0 fully saturated rings. The molecule has 110 valence electrons. The van der Waals surface area contributed by atoms with Crippen molar-refractivity contribution in [2.45, 2.75) is 33.6 Å². The number of esters is 1. The summed E-state index contributed by atoms with van der Waals surface area (Å²) in [6.07, 6.45) is 1.03. The van der Waals surface area contributed by atoms with Crippen LogP contribution in [0, 0.1) is 6.92 Å². The summed E-state index contributed by atoms with van der Waals surface area (Å²) in [6.45, 7) is 5.38. The molecule has 0 saturated heterocycles. The predicted octanol–water partition coefficient (Wildman–Crippen LogP) is 2.07. The number of anilines is 1. The fourth-order valence-corrected chi connectivity index (χ4v) is 2.77. The Kier molecular flexibility index (Phi) is 5.69. The Morgan fingerprint density at radius 3 is 2.45 bits per heavy atom. The molecule has 1 rings (SSSR count). The first-order chi connectivity index (χ1) is 9.42. The highest BCUT2D eigenvalue weighted by atomic mass is 32.1. The quantitative estimate of drug-likeness (QED) is 0.785. The summed E-state index contributed by atoms with van der Waals surface area (Å²) in [5.74, 6) is -1.41. The van der Waals surface area contributed by atoms with Crippen LogP contribution in [0.4, 0.5) is 5.00 Å². The second kappa shape index (κ2) is 7.04. The Morgan fingerprint density at radius 2 is 1.95 bits per heavy atom. The molecule has 0 aliphatic rings. The molecule has 20 heavy (non-hydrogen) atoms. The van der Waals surface area contributed by atoms with E-state index in [1.165, 1.54) is 0 Å². The third-order valence-electron chi connectivity index (χ3n) is 2.58. The number of ether oxygens (including phenoxy) is 1. The first kappa shape index (κ1) is 16.2. The highest BCUT2D eigenvalue weighted by Crippen LogP contribution is 2.33. The molecule has 0 unspecified atom stereocenters. The normalized spacial score (nSPS) is 10.2. The smallest absolute Gasteiger partial charge is 0.341 e. The van der Waals surface area contributed by atoms with E-state index in [4.69, 9.17) is 10.5 Å². The van der Waals surface area contributed by atoms with Crippen molar-refractivity contribution in [3.63, 3.8) is 0 Å². The zero-order valence-electron chi connectivity index (χ0n) is 11.7. The summed E-state index contributed by atoms with van der Waals surface area (Å²) in [4.78, 5) is 35.2. The Hall–Kier alpha value is -1.89. The lowest BCUT2D eigenvalue weighted by Crippen LogP contribution is -2.14. The number of primary amides is 1. The summed E-state index contributed by atoms with van der Waals surface area (Å²) in [6, 6.07) is 0. The van der Waals surface area contributed by atoms with Gasteiger partial charge in [-0.1, -0.05) is 6.92 Å². The van der Waals surface area contributed by atoms with Gasteiger partial charge in [0.05, 0.1) is 17.0 Å². The van der Waals surface area contributed by atoms with Crippen molar-refractivity contribution in [3.8, 4) is 0 Å². The molecule has 0 saturated carbocycles. The molecule has 0 atom stereocenters. The van der Waals surface area contributed by atoms with E-state index in [9.17, 15) is 14.4 Å². The first-order valence-corrected chi connectivity index (χ1v) is 7.14. The van der Waals surface area contributed by atoms with Gasteiger partial charge in [0.1, 0.15) is 5.00 Å². The number of carbonyl (C=O) groups excluding carboxylic acids is 3. The van der Waals surface area contributed by atoms with Gasteiger partial charge >= 0.3 is 5.97 Å². The van der Waals surface area contributed by atoms with Gasteiger partial charge < -0.3 is 15.8 Å². The second-order valence-corrected chi connectivity index (χ2v) is 5.16. The monoisotopic (exact) mass is 298 g/mol. The van der Waals surface area contributed by atoms with Crippen LogP contribution in [0.15, 0.2) is 0 Å². The molecule has 6 nitrogen and oxygen atoms in total. The third-order valence-corrected chi connectivity index (χ3v) is 3.80. The number of hydrogen-bond donors (Lipinski definition) is 2. The van der Waals surface area contributed by atoms with Gasteiger partial charge in [0, 0.05) is 6.42 Å². The van der Waals surface area contributed by atoms with Crippen LogP contribution >= 0.6 is 11.3 Å². The van der Waals surface area contributed by atoms with Gasteiger partial charge in [0.15, 0.2) is 0 Å². The van der Waals surface area contributed by atoms with Crippen molar-refractivity contribution in [1.82, 2.24) is 0 Å². The maximum Gasteiger partial charge on any atom is 0.341 e. The molecule has 0 aromatic carbocycles. The lowest BCUT2D eigenvalue weighted by Gasteiger charge is -2.06. The van der Waals surface area contributed by atoms with E-state index in [1.807, 2.05) is 6.92 Å². The van der Waals surface area contributed by atoms with Gasteiger partial charge in [0.25, 0.3) is 5.91 Å². The molecule has 0 spiro atoms. The van der Waals surface area contributed by atoms with E-state index in [0.29, 0.717) is 23.4 Å². The Bertz CT molecular complexity index is 537. The minimum absolute atomic E-state index is 0.204. The first-order valence-electron chi connectivity index (χ1n) is 6.32. The van der Waals surface area contributed by atoms with Crippen LogP contribution in [0.1, 0.15) is 52.3 Å². The second-order valence-electron chi connectivity index (χ2n) is 4.14. The van der Waals surface area contributed by atoms with Crippen LogP contribution in [0.5, 0.6) is 0 Å². The zero-order valence-corrected chi connectivity index (χ0v) is 12.6. The number of nitrogens with two attached hydrogens (primary N) is 1. The Morgan fingerprint density at radius 1 is 1.30 bits per heavy atom. The molecular weight excluding hydrogens is 280 g/mol. The lowest BCUT2D eigenvalue weighted by molar-refractivity contribution is -0.116. The van der Waals surface area contributed by atoms with Crippen molar-refractivity contribution in [2.75, 3.05) is 11.9 Å². The highest BCUT2D eigenvalue weighted by Gasteiger charge is 2.25. The van der Waals surface area contributed by atoms with Gasteiger partial charge in [-0.15, -0.1) is 11.3 Å². The van der Waals surface area contributed by atoms with E-state index in [2.05, 4.69) is 5.32 Å². The zero-order chi connectivity index (χ0) is 15.3. The van der Waals surface area contributed by atoms with Gasteiger partial charge in [0.2, 0.25) is 5.91 Å². The van der Waals surface area contributed by atoms with Crippen molar-refractivity contribution < 1.29 is 19.1 Å². The van der Waals surface area contributed by atoms with Crippen molar-refractivity contribution in [1.29, 1.82) is 0 Å². The van der Waals surface area contributed by atoms with E-state index in [-0.39, 0.29) is 23.0 Å². The summed E-state index contributed by atoms with van der Waals surface area (Å²) in [5.41, 5.74) is 5.91. The molecule has 0 aliphatic carbocycles. The van der Waals surface area contributed by atoms with E-state index in [1.54, 1.807) is 13.8 Å². The molecule has 1 aromatic heterocycles. The van der Waals surface area contributed by atoms with E-state index >= 15 is 0 Å². The summed E-state index contributed by atoms with van der Waals surface area (Å²) in [5, 5.41) is 2.95. The maximum absolute atomic E-state index is 11.9. The van der Waals surface area contributed by atoms with Gasteiger partial charge in [-0.2, -0.15) is 0 Å². The van der Waals surface area contributed by atoms with Crippen molar-refractivity contribution in [3.05, 3.63) is 16.0 Å². The largest absolute Gasteiger partial charge is 0.462 e. The average Bonchev–Trinajstić information content (AvgIpc) is 2.66. The standard InChI is InChI=1S/C13H18N2O4S/c1-4-6-8(16)15-12-9(13(18)19-5-2)7(3)10(20-12)11(14)17/h4-6H2,1-3H3,(H2,14,17)(H,15,16). The predicted molar refractivity (Wildman–Crippen MR) is 77.1 cm³/mol. The van der Waals surface area contributed by atoms with Crippen LogP contribution < -0.4 is 11.1 Å². The molecule has 0 bridgehead atoms. The Balaban J connectivity index is 3.19. The molecule has 0 aliphatic heterocycles. The van der Waals surface area contributed by atoms with Crippen LogP contribution in [-0.4, -0.2) is 24.4 Å². The number of hydrogen-bond acceptors (Lipinski definition) is 5. The number of amides is 2.